The molecular formula is C13H11FO3. The van der Waals surface area contributed by atoms with Crippen molar-refractivity contribution in [3.05, 3.63) is 42.2 Å². The third kappa shape index (κ3) is 2.30. The van der Waals surface area contributed by atoms with Gasteiger partial charge in [0.2, 0.25) is 0 Å². The molecule has 17 heavy (non-hydrogen) atoms. The fraction of sp³-hybridized carbons (Fsp3) is 0.0769. The molecule has 2 aromatic carbocycles. The van der Waals surface area contributed by atoms with E-state index < -0.39 is 5.82 Å². The summed E-state index contributed by atoms with van der Waals surface area (Å²) in [4.78, 5) is 0. The van der Waals surface area contributed by atoms with E-state index >= 15 is 0 Å². The van der Waals surface area contributed by atoms with Crippen LogP contribution in [-0.4, -0.2) is 17.3 Å². The van der Waals surface area contributed by atoms with Crippen molar-refractivity contribution in [2.75, 3.05) is 7.11 Å². The summed E-state index contributed by atoms with van der Waals surface area (Å²) < 4.78 is 18.6. The number of rotatable bonds is 2. The smallest absolute Gasteiger partial charge is 0.131 e. The summed E-state index contributed by atoms with van der Waals surface area (Å²) in [5.74, 6) is -0.190. The lowest BCUT2D eigenvalue weighted by Gasteiger charge is -2.07. The van der Waals surface area contributed by atoms with Crippen LogP contribution >= 0.6 is 0 Å². The van der Waals surface area contributed by atoms with E-state index in [4.69, 9.17) is 4.74 Å². The van der Waals surface area contributed by atoms with E-state index in [2.05, 4.69) is 0 Å². The number of hydrogen-bond donors (Lipinski definition) is 2. The summed E-state index contributed by atoms with van der Waals surface area (Å²) in [7, 11) is 1.48. The Morgan fingerprint density at radius 2 is 1.65 bits per heavy atom. The molecule has 0 fully saturated rings. The number of hydrogen-bond acceptors (Lipinski definition) is 3. The molecule has 4 heteroatoms. The van der Waals surface area contributed by atoms with Gasteiger partial charge in [-0.1, -0.05) is 0 Å². The first-order chi connectivity index (χ1) is 8.10. The molecule has 0 bridgehead atoms. The van der Waals surface area contributed by atoms with Crippen LogP contribution in [0.3, 0.4) is 0 Å². The molecule has 0 spiro atoms. The maximum atomic E-state index is 13.6. The van der Waals surface area contributed by atoms with E-state index in [0.717, 1.165) is 0 Å². The minimum absolute atomic E-state index is 0.123. The van der Waals surface area contributed by atoms with Crippen molar-refractivity contribution in [1.82, 2.24) is 0 Å². The van der Waals surface area contributed by atoms with E-state index in [-0.39, 0.29) is 17.1 Å². The monoisotopic (exact) mass is 234 g/mol. The van der Waals surface area contributed by atoms with Gasteiger partial charge in [-0.15, -0.1) is 0 Å². The van der Waals surface area contributed by atoms with Crippen molar-refractivity contribution in [3.8, 4) is 28.4 Å². The number of phenols is 2. The summed E-state index contributed by atoms with van der Waals surface area (Å²) in [5, 5.41) is 18.7. The van der Waals surface area contributed by atoms with E-state index in [1.54, 1.807) is 0 Å². The molecule has 0 atom stereocenters. The van der Waals surface area contributed by atoms with Gasteiger partial charge in [0.25, 0.3) is 0 Å². The van der Waals surface area contributed by atoms with Crippen LogP contribution in [0.25, 0.3) is 11.1 Å². The van der Waals surface area contributed by atoms with Crippen molar-refractivity contribution in [2.45, 2.75) is 0 Å². The number of ether oxygens (including phenoxy) is 1. The summed E-state index contributed by atoms with van der Waals surface area (Å²) in [6.45, 7) is 0. The van der Waals surface area contributed by atoms with Gasteiger partial charge < -0.3 is 14.9 Å². The van der Waals surface area contributed by atoms with Gasteiger partial charge in [-0.3, -0.25) is 0 Å². The zero-order chi connectivity index (χ0) is 12.4. The third-order valence-corrected chi connectivity index (χ3v) is 2.39. The average molecular weight is 234 g/mol. The van der Waals surface area contributed by atoms with Crippen LogP contribution in [0.1, 0.15) is 0 Å². The average Bonchev–Trinajstić information content (AvgIpc) is 2.28. The van der Waals surface area contributed by atoms with Gasteiger partial charge in [0, 0.05) is 11.6 Å². The molecule has 0 aromatic heterocycles. The zero-order valence-corrected chi connectivity index (χ0v) is 9.14. The topological polar surface area (TPSA) is 49.7 Å². The van der Waals surface area contributed by atoms with Gasteiger partial charge in [-0.05, 0) is 35.9 Å². The molecule has 0 aliphatic rings. The van der Waals surface area contributed by atoms with Crippen LogP contribution in [0.5, 0.6) is 17.2 Å². The van der Waals surface area contributed by atoms with Crippen molar-refractivity contribution in [1.29, 1.82) is 0 Å². The molecule has 2 rings (SSSR count). The van der Waals surface area contributed by atoms with Crippen molar-refractivity contribution in [3.63, 3.8) is 0 Å². The number of benzene rings is 2. The quantitative estimate of drug-likeness (QED) is 0.839. The molecule has 3 nitrogen and oxygen atoms in total. The van der Waals surface area contributed by atoms with Crippen LogP contribution in [0, 0.1) is 5.82 Å². The Kier molecular flexibility index (Phi) is 2.87. The molecule has 2 aromatic rings. The van der Waals surface area contributed by atoms with E-state index in [0.29, 0.717) is 11.3 Å². The highest BCUT2D eigenvalue weighted by molar-refractivity contribution is 5.69. The molecule has 0 aliphatic heterocycles. The Hall–Kier alpha value is -2.23. The van der Waals surface area contributed by atoms with Gasteiger partial charge in [-0.25, -0.2) is 4.39 Å². The fourth-order valence-corrected chi connectivity index (χ4v) is 1.60. The lowest BCUT2D eigenvalue weighted by Crippen LogP contribution is -1.88. The fourth-order valence-electron chi connectivity index (χ4n) is 1.60. The van der Waals surface area contributed by atoms with Gasteiger partial charge in [0.15, 0.2) is 0 Å². The summed E-state index contributed by atoms with van der Waals surface area (Å²) >= 11 is 0. The van der Waals surface area contributed by atoms with Gasteiger partial charge in [-0.2, -0.15) is 0 Å². The van der Waals surface area contributed by atoms with E-state index in [1.807, 2.05) is 0 Å². The Bertz CT molecular complexity index is 532. The molecule has 88 valence electrons. The van der Waals surface area contributed by atoms with Gasteiger partial charge >= 0.3 is 0 Å². The Morgan fingerprint density at radius 1 is 1.00 bits per heavy atom. The van der Waals surface area contributed by atoms with Crippen LogP contribution in [-0.2, 0) is 0 Å². The molecule has 0 saturated heterocycles. The van der Waals surface area contributed by atoms with E-state index in [1.165, 1.54) is 43.5 Å². The van der Waals surface area contributed by atoms with E-state index in [9.17, 15) is 14.6 Å². The second kappa shape index (κ2) is 4.33. The maximum Gasteiger partial charge on any atom is 0.131 e. The molecule has 0 heterocycles. The zero-order valence-electron chi connectivity index (χ0n) is 9.14. The lowest BCUT2D eigenvalue weighted by molar-refractivity contribution is 0.414. The highest BCUT2D eigenvalue weighted by Gasteiger charge is 2.09. The first-order valence-electron chi connectivity index (χ1n) is 4.97. The van der Waals surface area contributed by atoms with Gasteiger partial charge in [0.1, 0.15) is 23.1 Å². The largest absolute Gasteiger partial charge is 0.508 e. The minimum atomic E-state index is -0.448. The van der Waals surface area contributed by atoms with Gasteiger partial charge in [0.05, 0.1) is 7.11 Å². The Balaban J connectivity index is 2.58. The highest BCUT2D eigenvalue weighted by Crippen LogP contribution is 2.32. The summed E-state index contributed by atoms with van der Waals surface area (Å²) in [6.07, 6.45) is 0. The molecule has 0 saturated carbocycles. The lowest BCUT2D eigenvalue weighted by atomic mass is 10.0. The predicted molar refractivity (Wildman–Crippen MR) is 61.7 cm³/mol. The second-order valence-corrected chi connectivity index (χ2v) is 3.58. The molecule has 0 unspecified atom stereocenters. The number of methoxy groups -OCH3 is 1. The summed E-state index contributed by atoms with van der Waals surface area (Å²) in [6, 6.07) is 8.21. The standard InChI is InChI=1S/C13H11FO3/c1-17-11-2-3-13(14)12(7-11)8-4-9(15)6-10(16)5-8/h2-7,15-16H,1H3. The molecular weight excluding hydrogens is 223 g/mol. The van der Waals surface area contributed by atoms with Crippen LogP contribution < -0.4 is 4.74 Å². The Morgan fingerprint density at radius 3 is 2.24 bits per heavy atom. The molecule has 0 aliphatic carbocycles. The number of halogens is 1. The first-order valence-corrected chi connectivity index (χ1v) is 4.97. The third-order valence-electron chi connectivity index (χ3n) is 2.39. The highest BCUT2D eigenvalue weighted by atomic mass is 19.1. The first kappa shape index (κ1) is 11.3. The molecule has 2 N–H and O–H groups in total. The summed E-state index contributed by atoms with van der Waals surface area (Å²) in [5.41, 5.74) is 0.648. The Labute approximate surface area is 97.7 Å². The minimum Gasteiger partial charge on any atom is -0.508 e. The van der Waals surface area contributed by atoms with Crippen molar-refractivity contribution < 1.29 is 19.3 Å². The predicted octanol–water partition coefficient (Wildman–Crippen LogP) is 2.91. The van der Waals surface area contributed by atoms with Crippen molar-refractivity contribution in [2.24, 2.45) is 0 Å². The van der Waals surface area contributed by atoms with Crippen molar-refractivity contribution >= 4 is 0 Å². The number of aromatic hydroxyl groups is 2. The van der Waals surface area contributed by atoms with Crippen LogP contribution in [0.2, 0.25) is 0 Å². The maximum absolute atomic E-state index is 13.6. The molecule has 0 amide bonds. The SMILES string of the molecule is COc1ccc(F)c(-c2cc(O)cc(O)c2)c1. The normalized spacial score (nSPS) is 10.2. The number of phenolic OH excluding ortho intramolecular Hbond substituents is 2. The second-order valence-electron chi connectivity index (χ2n) is 3.58. The van der Waals surface area contributed by atoms with Crippen LogP contribution in [0.4, 0.5) is 4.39 Å². The molecule has 0 radical (unpaired) electrons. The van der Waals surface area contributed by atoms with Crippen LogP contribution in [0.15, 0.2) is 36.4 Å².